The van der Waals surface area contributed by atoms with Crippen molar-refractivity contribution in [3.63, 3.8) is 0 Å². The van der Waals surface area contributed by atoms with E-state index in [9.17, 15) is 12.8 Å². The number of hydrogen-bond donors (Lipinski definition) is 2. The second kappa shape index (κ2) is 5.18. The maximum absolute atomic E-state index is 13.5. The molecule has 0 amide bonds. The highest BCUT2D eigenvalue weighted by Crippen LogP contribution is 2.23. The third-order valence-corrected chi connectivity index (χ3v) is 4.19. The molecule has 0 atom stereocenters. The van der Waals surface area contributed by atoms with Crippen LogP contribution in [0.1, 0.15) is 0 Å². The number of sulfonamides is 1. The summed E-state index contributed by atoms with van der Waals surface area (Å²) in [5.41, 5.74) is -0.151. The van der Waals surface area contributed by atoms with Gasteiger partial charge in [-0.2, -0.15) is 0 Å². The van der Waals surface area contributed by atoms with Crippen LogP contribution < -0.4 is 4.72 Å². The van der Waals surface area contributed by atoms with E-state index in [0.717, 1.165) is 6.07 Å². The van der Waals surface area contributed by atoms with E-state index in [1.807, 2.05) is 0 Å². The summed E-state index contributed by atoms with van der Waals surface area (Å²) in [6.45, 7) is 0. The summed E-state index contributed by atoms with van der Waals surface area (Å²) in [7, 11) is -3.89. The van der Waals surface area contributed by atoms with Crippen molar-refractivity contribution in [1.82, 2.24) is 0 Å². The fraction of sp³-hybridized carbons (Fsp3) is 0. The molecule has 0 radical (unpaired) electrons. The van der Waals surface area contributed by atoms with Crippen molar-refractivity contribution in [3.05, 3.63) is 52.8 Å². The Labute approximate surface area is 118 Å². The lowest BCUT2D eigenvalue weighted by Crippen LogP contribution is -2.13. The molecule has 2 N–H and O–H groups in total. The predicted octanol–water partition coefficient (Wildman–Crippen LogP) is 3.09. The summed E-state index contributed by atoms with van der Waals surface area (Å²) >= 11 is 3.14. The van der Waals surface area contributed by atoms with Crippen LogP contribution in [0.5, 0.6) is 5.75 Å². The van der Waals surface area contributed by atoms with Gasteiger partial charge in [0.2, 0.25) is 0 Å². The minimum absolute atomic E-state index is 0.0485. The number of nitrogens with one attached hydrogen (secondary N) is 1. The van der Waals surface area contributed by atoms with E-state index in [1.54, 1.807) is 0 Å². The molecule has 0 aliphatic heterocycles. The topological polar surface area (TPSA) is 66.4 Å². The molecule has 0 fully saturated rings. The molecule has 7 heteroatoms. The molecular weight excluding hydrogens is 337 g/mol. The number of aromatic hydroxyl groups is 1. The van der Waals surface area contributed by atoms with Crippen molar-refractivity contribution < 1.29 is 17.9 Å². The lowest BCUT2D eigenvalue weighted by Gasteiger charge is -2.09. The Morgan fingerprint density at radius 2 is 1.74 bits per heavy atom. The number of hydrogen-bond acceptors (Lipinski definition) is 3. The zero-order valence-corrected chi connectivity index (χ0v) is 11.9. The van der Waals surface area contributed by atoms with Crippen molar-refractivity contribution >= 4 is 31.6 Å². The Balaban J connectivity index is 2.36. The number of anilines is 1. The maximum Gasteiger partial charge on any atom is 0.261 e. The van der Waals surface area contributed by atoms with E-state index < -0.39 is 15.8 Å². The lowest BCUT2D eigenvalue weighted by molar-refractivity contribution is 0.475. The largest absolute Gasteiger partial charge is 0.508 e. The minimum Gasteiger partial charge on any atom is -0.508 e. The summed E-state index contributed by atoms with van der Waals surface area (Å²) < 4.78 is 40.2. The molecule has 2 rings (SSSR count). The van der Waals surface area contributed by atoms with Gasteiger partial charge in [-0.1, -0.05) is 15.9 Å². The van der Waals surface area contributed by atoms with Crippen LogP contribution in [-0.4, -0.2) is 13.5 Å². The van der Waals surface area contributed by atoms with Crippen LogP contribution in [0.3, 0.4) is 0 Å². The second-order valence-corrected chi connectivity index (χ2v) is 6.32. The highest BCUT2D eigenvalue weighted by Gasteiger charge is 2.16. The Morgan fingerprint density at radius 3 is 2.37 bits per heavy atom. The van der Waals surface area contributed by atoms with E-state index >= 15 is 0 Å². The third-order valence-electron chi connectivity index (χ3n) is 2.32. The molecule has 0 aromatic heterocycles. The molecular formula is C12H9BrFNO3S. The maximum atomic E-state index is 13.5. The first kappa shape index (κ1) is 13.8. The van der Waals surface area contributed by atoms with Crippen molar-refractivity contribution in [2.24, 2.45) is 0 Å². The van der Waals surface area contributed by atoms with Crippen molar-refractivity contribution in [1.29, 1.82) is 0 Å². The van der Waals surface area contributed by atoms with Gasteiger partial charge in [-0.15, -0.1) is 0 Å². The summed E-state index contributed by atoms with van der Waals surface area (Å²) in [4.78, 5) is -0.0651. The standard InChI is InChI=1S/C12H9BrFNO3S/c13-8-1-6-11(14)12(7-8)15-19(17,18)10-4-2-9(16)3-5-10/h1-7,15-16H. The summed E-state index contributed by atoms with van der Waals surface area (Å²) in [6.07, 6.45) is 0. The van der Waals surface area contributed by atoms with Crippen LogP contribution in [0.25, 0.3) is 0 Å². The molecule has 0 aliphatic rings. The fourth-order valence-electron chi connectivity index (χ4n) is 1.40. The van der Waals surface area contributed by atoms with E-state index in [2.05, 4.69) is 20.7 Å². The first-order valence-corrected chi connectivity index (χ1v) is 7.43. The molecule has 0 saturated heterocycles. The fourth-order valence-corrected chi connectivity index (χ4v) is 2.82. The summed E-state index contributed by atoms with van der Waals surface area (Å²) in [5, 5.41) is 9.11. The number of phenolic OH excluding ortho intramolecular Hbond substituents is 1. The summed E-state index contributed by atoms with van der Waals surface area (Å²) in [5.74, 6) is -0.724. The number of rotatable bonds is 3. The van der Waals surface area contributed by atoms with E-state index in [4.69, 9.17) is 5.11 Å². The molecule has 0 bridgehead atoms. The predicted molar refractivity (Wildman–Crippen MR) is 73.0 cm³/mol. The zero-order valence-electron chi connectivity index (χ0n) is 9.47. The molecule has 19 heavy (non-hydrogen) atoms. The molecule has 0 unspecified atom stereocenters. The molecule has 0 saturated carbocycles. The molecule has 0 spiro atoms. The van der Waals surface area contributed by atoms with Crippen LogP contribution in [0.15, 0.2) is 51.8 Å². The van der Waals surface area contributed by atoms with Gasteiger partial charge in [-0.25, -0.2) is 12.8 Å². The highest BCUT2D eigenvalue weighted by atomic mass is 79.9. The molecule has 2 aromatic carbocycles. The number of phenols is 1. The third kappa shape index (κ3) is 3.24. The normalized spacial score (nSPS) is 11.3. The minimum atomic E-state index is -3.89. The lowest BCUT2D eigenvalue weighted by atomic mass is 10.3. The summed E-state index contributed by atoms with van der Waals surface area (Å²) in [6, 6.07) is 8.89. The van der Waals surface area contributed by atoms with Crippen molar-refractivity contribution in [2.75, 3.05) is 4.72 Å². The Bertz CT molecular complexity index is 701. The van der Waals surface area contributed by atoms with Crippen LogP contribution >= 0.6 is 15.9 Å². The number of benzene rings is 2. The van der Waals surface area contributed by atoms with Crippen LogP contribution in [-0.2, 0) is 10.0 Å². The number of halogens is 2. The monoisotopic (exact) mass is 345 g/mol. The van der Waals surface area contributed by atoms with E-state index in [1.165, 1.54) is 36.4 Å². The molecule has 0 aliphatic carbocycles. The quantitative estimate of drug-likeness (QED) is 0.898. The van der Waals surface area contributed by atoms with Gasteiger partial charge in [0.15, 0.2) is 0 Å². The van der Waals surface area contributed by atoms with Crippen LogP contribution in [0, 0.1) is 5.82 Å². The first-order chi connectivity index (χ1) is 8.88. The van der Waals surface area contributed by atoms with Gasteiger partial charge in [-0.05, 0) is 42.5 Å². The Kier molecular flexibility index (Phi) is 3.77. The van der Waals surface area contributed by atoms with Gasteiger partial charge in [0, 0.05) is 4.47 Å². The van der Waals surface area contributed by atoms with Gasteiger partial charge in [0.25, 0.3) is 10.0 Å². The van der Waals surface area contributed by atoms with Gasteiger partial charge >= 0.3 is 0 Å². The first-order valence-electron chi connectivity index (χ1n) is 5.15. The van der Waals surface area contributed by atoms with E-state index in [0.29, 0.717) is 4.47 Å². The molecule has 0 heterocycles. The van der Waals surface area contributed by atoms with Gasteiger partial charge in [0.05, 0.1) is 10.6 Å². The van der Waals surface area contributed by atoms with Crippen molar-refractivity contribution in [2.45, 2.75) is 4.90 Å². The molecule has 4 nitrogen and oxygen atoms in total. The van der Waals surface area contributed by atoms with Gasteiger partial charge in [0.1, 0.15) is 11.6 Å². The van der Waals surface area contributed by atoms with E-state index in [-0.39, 0.29) is 16.3 Å². The second-order valence-electron chi connectivity index (χ2n) is 3.72. The van der Waals surface area contributed by atoms with Crippen molar-refractivity contribution in [3.8, 4) is 5.75 Å². The smallest absolute Gasteiger partial charge is 0.261 e. The average molecular weight is 346 g/mol. The average Bonchev–Trinajstić information content (AvgIpc) is 2.34. The van der Waals surface area contributed by atoms with Crippen LogP contribution in [0.2, 0.25) is 0 Å². The molecule has 100 valence electrons. The molecule has 2 aromatic rings. The highest BCUT2D eigenvalue weighted by molar-refractivity contribution is 9.10. The Morgan fingerprint density at radius 1 is 1.11 bits per heavy atom. The van der Waals surface area contributed by atoms with Gasteiger partial charge < -0.3 is 5.11 Å². The van der Waals surface area contributed by atoms with Gasteiger partial charge in [-0.3, -0.25) is 4.72 Å². The Hall–Kier alpha value is -1.60. The SMILES string of the molecule is O=S(=O)(Nc1cc(Br)ccc1F)c1ccc(O)cc1. The van der Waals surface area contributed by atoms with Crippen LogP contribution in [0.4, 0.5) is 10.1 Å². The zero-order chi connectivity index (χ0) is 14.0.